The molecule has 0 aromatic carbocycles. The maximum Gasteiger partial charge on any atom is 0.408 e. The Kier molecular flexibility index (Phi) is 3.73. The third-order valence-electron chi connectivity index (χ3n) is 1.60. The average Bonchev–Trinajstić information content (AvgIpc) is 2.45. The smallest absolute Gasteiger partial charge is 0.372 e. The van der Waals surface area contributed by atoms with Crippen molar-refractivity contribution in [2.24, 2.45) is 0 Å². The zero-order valence-electron chi connectivity index (χ0n) is 8.58. The van der Waals surface area contributed by atoms with Gasteiger partial charge in [0.1, 0.15) is 6.54 Å². The summed E-state index contributed by atoms with van der Waals surface area (Å²) < 4.78 is 42.0. The molecule has 15 heavy (non-hydrogen) atoms. The normalized spacial score (nSPS) is 12.4. The Bertz CT molecular complexity index is 307. The summed E-state index contributed by atoms with van der Waals surface area (Å²) in [5.41, 5.74) is 0.507. The van der Waals surface area contributed by atoms with Gasteiger partial charge >= 0.3 is 6.18 Å². The van der Waals surface area contributed by atoms with E-state index in [0.717, 1.165) is 4.68 Å². The molecule has 1 heterocycles. The minimum atomic E-state index is -4.23. The molecule has 0 spiro atoms. The quantitative estimate of drug-likeness (QED) is 0.782. The van der Waals surface area contributed by atoms with Crippen LogP contribution in [0.3, 0.4) is 0 Å². The largest absolute Gasteiger partial charge is 0.408 e. The lowest BCUT2D eigenvalue weighted by atomic mass is 10.4. The monoisotopic (exact) mass is 222 g/mol. The number of aromatic nitrogens is 2. The van der Waals surface area contributed by atoms with Crippen molar-refractivity contribution in [1.82, 2.24) is 9.78 Å². The van der Waals surface area contributed by atoms with Gasteiger partial charge in [0.25, 0.3) is 0 Å². The summed E-state index contributed by atoms with van der Waals surface area (Å²) in [4.78, 5) is 0. The predicted molar refractivity (Wildman–Crippen MR) is 48.2 cm³/mol. The highest BCUT2D eigenvalue weighted by atomic mass is 19.4. The van der Waals surface area contributed by atoms with Crippen LogP contribution in [-0.2, 0) is 17.9 Å². The van der Waals surface area contributed by atoms with Gasteiger partial charge in [0, 0.05) is 6.20 Å². The molecule has 0 fully saturated rings. The Labute approximate surface area is 85.8 Å². The maximum atomic E-state index is 12.0. The molecular formula is C9H13F3N2O. The molecule has 3 nitrogen and oxygen atoms in total. The molecule has 0 saturated heterocycles. The molecule has 0 aliphatic carbocycles. The van der Waals surface area contributed by atoms with Crippen LogP contribution < -0.4 is 0 Å². The summed E-state index contributed by atoms with van der Waals surface area (Å²) in [5, 5.41) is 3.74. The molecule has 6 heteroatoms. The van der Waals surface area contributed by atoms with E-state index in [1.807, 2.05) is 13.8 Å². The molecule has 0 unspecified atom stereocenters. The molecular weight excluding hydrogens is 209 g/mol. The first-order chi connectivity index (χ1) is 6.87. The highest BCUT2D eigenvalue weighted by Gasteiger charge is 2.28. The third kappa shape index (κ3) is 4.83. The number of halogens is 3. The first-order valence-corrected chi connectivity index (χ1v) is 4.57. The fourth-order valence-electron chi connectivity index (χ4n) is 1.00. The van der Waals surface area contributed by atoms with Gasteiger partial charge in [-0.05, 0) is 19.9 Å². The third-order valence-corrected chi connectivity index (χ3v) is 1.60. The Morgan fingerprint density at radius 2 is 2.13 bits per heavy atom. The van der Waals surface area contributed by atoms with Crippen molar-refractivity contribution in [1.29, 1.82) is 0 Å². The van der Waals surface area contributed by atoms with E-state index in [2.05, 4.69) is 5.10 Å². The molecule has 0 N–H and O–H groups in total. The molecule has 0 atom stereocenters. The standard InChI is InChI=1S/C9H13F3N2O/c1-7(2)15-5-8-3-4-14(13-8)6-9(10,11)12/h3-4,7H,5-6H2,1-2H3. The number of hydrogen-bond donors (Lipinski definition) is 0. The lowest BCUT2D eigenvalue weighted by Crippen LogP contribution is -2.18. The summed E-state index contributed by atoms with van der Waals surface area (Å²) in [6.45, 7) is 2.89. The van der Waals surface area contributed by atoms with Crippen LogP contribution in [0.5, 0.6) is 0 Å². The molecule has 0 amide bonds. The van der Waals surface area contributed by atoms with E-state index in [1.54, 1.807) is 0 Å². The van der Waals surface area contributed by atoms with E-state index >= 15 is 0 Å². The van der Waals surface area contributed by atoms with Crippen molar-refractivity contribution in [2.45, 2.75) is 39.3 Å². The zero-order valence-corrected chi connectivity index (χ0v) is 8.58. The number of ether oxygens (including phenoxy) is 1. The van der Waals surface area contributed by atoms with Crippen molar-refractivity contribution in [3.05, 3.63) is 18.0 Å². The zero-order chi connectivity index (χ0) is 11.5. The minimum absolute atomic E-state index is 0.0396. The van der Waals surface area contributed by atoms with Crippen molar-refractivity contribution >= 4 is 0 Å². The van der Waals surface area contributed by atoms with E-state index < -0.39 is 12.7 Å². The number of hydrogen-bond acceptors (Lipinski definition) is 2. The summed E-state index contributed by atoms with van der Waals surface area (Å²) >= 11 is 0. The first-order valence-electron chi connectivity index (χ1n) is 4.57. The Morgan fingerprint density at radius 3 is 2.67 bits per heavy atom. The second kappa shape index (κ2) is 4.65. The van der Waals surface area contributed by atoms with Gasteiger partial charge in [-0.2, -0.15) is 18.3 Å². The van der Waals surface area contributed by atoms with Gasteiger partial charge in [-0.3, -0.25) is 4.68 Å². The lowest BCUT2D eigenvalue weighted by Gasteiger charge is -2.06. The molecule has 1 aromatic rings. The number of nitrogens with zero attached hydrogens (tertiary/aromatic N) is 2. The van der Waals surface area contributed by atoms with Gasteiger partial charge in [-0.1, -0.05) is 0 Å². The number of alkyl halides is 3. The molecule has 86 valence electrons. The highest BCUT2D eigenvalue weighted by Crippen LogP contribution is 2.17. The van der Waals surface area contributed by atoms with Crippen LogP contribution in [0.25, 0.3) is 0 Å². The molecule has 1 aromatic heterocycles. The van der Waals surface area contributed by atoms with Crippen molar-refractivity contribution < 1.29 is 17.9 Å². The fourth-order valence-corrected chi connectivity index (χ4v) is 1.00. The summed E-state index contributed by atoms with van der Waals surface area (Å²) in [5.74, 6) is 0. The average molecular weight is 222 g/mol. The van der Waals surface area contributed by atoms with E-state index in [0.29, 0.717) is 5.69 Å². The Morgan fingerprint density at radius 1 is 1.47 bits per heavy atom. The van der Waals surface area contributed by atoms with Crippen LogP contribution in [0.15, 0.2) is 12.3 Å². The van der Waals surface area contributed by atoms with Crippen molar-refractivity contribution in [2.75, 3.05) is 0 Å². The molecule has 1 rings (SSSR count). The van der Waals surface area contributed by atoms with Gasteiger partial charge in [0.15, 0.2) is 0 Å². The minimum Gasteiger partial charge on any atom is -0.372 e. The van der Waals surface area contributed by atoms with Gasteiger partial charge in [-0.25, -0.2) is 0 Å². The van der Waals surface area contributed by atoms with E-state index in [-0.39, 0.29) is 12.7 Å². The topological polar surface area (TPSA) is 27.1 Å². The Hall–Kier alpha value is -1.04. The maximum absolute atomic E-state index is 12.0. The SMILES string of the molecule is CC(C)OCc1ccn(CC(F)(F)F)n1. The van der Waals surface area contributed by atoms with Crippen LogP contribution in [0.2, 0.25) is 0 Å². The van der Waals surface area contributed by atoms with Gasteiger partial charge in [0.05, 0.1) is 18.4 Å². The molecule has 0 aliphatic heterocycles. The van der Waals surface area contributed by atoms with Gasteiger partial charge < -0.3 is 4.74 Å². The van der Waals surface area contributed by atoms with Gasteiger partial charge in [-0.15, -0.1) is 0 Å². The second-order valence-electron chi connectivity index (χ2n) is 3.48. The van der Waals surface area contributed by atoms with Crippen LogP contribution >= 0.6 is 0 Å². The van der Waals surface area contributed by atoms with E-state index in [4.69, 9.17) is 4.74 Å². The van der Waals surface area contributed by atoms with Crippen LogP contribution in [-0.4, -0.2) is 22.1 Å². The molecule has 0 saturated carbocycles. The van der Waals surface area contributed by atoms with E-state index in [1.165, 1.54) is 12.3 Å². The lowest BCUT2D eigenvalue weighted by molar-refractivity contribution is -0.142. The summed E-state index contributed by atoms with van der Waals surface area (Å²) in [6, 6.07) is 1.52. The van der Waals surface area contributed by atoms with Crippen LogP contribution in [0.4, 0.5) is 13.2 Å². The summed E-state index contributed by atoms with van der Waals surface area (Å²) in [7, 11) is 0. The van der Waals surface area contributed by atoms with Crippen molar-refractivity contribution in [3.8, 4) is 0 Å². The molecule has 0 aliphatic rings. The Balaban J connectivity index is 2.49. The van der Waals surface area contributed by atoms with E-state index in [9.17, 15) is 13.2 Å². The molecule has 0 radical (unpaired) electrons. The first kappa shape index (κ1) is 12.0. The highest BCUT2D eigenvalue weighted by molar-refractivity contribution is 4.97. The predicted octanol–water partition coefficient (Wildman–Crippen LogP) is 2.37. The van der Waals surface area contributed by atoms with Crippen LogP contribution in [0.1, 0.15) is 19.5 Å². The molecule has 0 bridgehead atoms. The summed E-state index contributed by atoms with van der Waals surface area (Å²) in [6.07, 6.45) is -2.90. The van der Waals surface area contributed by atoms with Crippen LogP contribution in [0, 0.1) is 0 Å². The number of rotatable bonds is 4. The fraction of sp³-hybridized carbons (Fsp3) is 0.667. The second-order valence-corrected chi connectivity index (χ2v) is 3.48. The van der Waals surface area contributed by atoms with Gasteiger partial charge in [0.2, 0.25) is 0 Å². The van der Waals surface area contributed by atoms with Crippen molar-refractivity contribution in [3.63, 3.8) is 0 Å².